The average Bonchev–Trinajstić information content (AvgIpc) is 3.23. The van der Waals surface area contributed by atoms with Crippen LogP contribution in [-0.4, -0.2) is 73.4 Å². The number of carbonyl (C=O) groups excluding carboxylic acids is 3. The van der Waals surface area contributed by atoms with Crippen LogP contribution in [0.15, 0.2) is 0 Å². The molecule has 31 heavy (non-hydrogen) atoms. The molecule has 0 unspecified atom stereocenters. The second kappa shape index (κ2) is 15.3. The summed E-state index contributed by atoms with van der Waals surface area (Å²) in [5.41, 5.74) is 0. The van der Waals surface area contributed by atoms with Gasteiger partial charge in [-0.25, -0.2) is 0 Å². The van der Waals surface area contributed by atoms with Gasteiger partial charge in [0.1, 0.15) is 5.78 Å². The summed E-state index contributed by atoms with van der Waals surface area (Å²) >= 11 is 0. The van der Waals surface area contributed by atoms with Gasteiger partial charge in [0, 0.05) is 25.7 Å². The Kier molecular flexibility index (Phi) is 13.6. The number of Topliss-reactive ketones (excluding diaryl/α,β-unsaturated/α-hetero) is 1. The van der Waals surface area contributed by atoms with E-state index in [0.717, 1.165) is 25.7 Å². The van der Waals surface area contributed by atoms with Crippen LogP contribution in [0.4, 0.5) is 0 Å². The Bertz CT molecular complexity index is 521. The molecule has 9 heteroatoms. The summed E-state index contributed by atoms with van der Waals surface area (Å²) in [6, 6.07) is 0. The topological polar surface area (TPSA) is 129 Å². The highest BCUT2D eigenvalue weighted by atomic mass is 16.7. The van der Waals surface area contributed by atoms with Crippen LogP contribution in [0.2, 0.25) is 0 Å². The fraction of sp³-hybridized carbons (Fsp3) is 0.864. The molecule has 0 bridgehead atoms. The predicted molar refractivity (Wildman–Crippen MR) is 111 cm³/mol. The molecule has 2 saturated carbocycles. The molecule has 0 aromatic heterocycles. The maximum atomic E-state index is 11.5. The third-order valence-corrected chi connectivity index (χ3v) is 5.44. The monoisotopic (exact) mass is 446 g/mol. The van der Waals surface area contributed by atoms with E-state index < -0.39 is 0 Å². The molecule has 0 atom stereocenters. The van der Waals surface area contributed by atoms with Crippen molar-refractivity contribution in [1.82, 2.24) is 0 Å². The average molecular weight is 447 g/mol. The normalized spacial score (nSPS) is 20.8. The first-order valence-corrected chi connectivity index (χ1v) is 11.3. The number of rotatable bonds is 5. The van der Waals surface area contributed by atoms with Crippen LogP contribution in [0.5, 0.6) is 0 Å². The van der Waals surface area contributed by atoms with Crippen molar-refractivity contribution >= 4 is 17.7 Å². The first-order chi connectivity index (χ1) is 14.9. The van der Waals surface area contributed by atoms with Crippen molar-refractivity contribution in [1.29, 1.82) is 0 Å². The number of hydrogen-bond acceptors (Lipinski definition) is 9. The second-order valence-corrected chi connectivity index (χ2v) is 7.65. The van der Waals surface area contributed by atoms with Gasteiger partial charge in [0.05, 0.1) is 51.5 Å². The largest absolute Gasteiger partial charge is 0.466 e. The minimum atomic E-state index is -0.372. The minimum Gasteiger partial charge on any atom is -0.466 e. The molecule has 0 aromatic rings. The molecule has 2 N–H and O–H groups in total. The Labute approximate surface area is 184 Å². The van der Waals surface area contributed by atoms with Gasteiger partial charge < -0.3 is 29.2 Å². The number of aliphatic hydroxyl groups excluding tert-OH is 2. The molecular formula is C22H38O9. The zero-order valence-electron chi connectivity index (χ0n) is 18.8. The van der Waals surface area contributed by atoms with Crippen LogP contribution in [-0.2, 0) is 33.3 Å². The molecule has 0 aromatic carbocycles. The highest BCUT2D eigenvalue weighted by Gasteiger charge is 2.42. The number of hydrogen-bond donors (Lipinski definition) is 2. The summed E-state index contributed by atoms with van der Waals surface area (Å²) in [7, 11) is 0. The van der Waals surface area contributed by atoms with E-state index in [1.807, 2.05) is 6.92 Å². The Morgan fingerprint density at radius 2 is 1.29 bits per heavy atom. The lowest BCUT2D eigenvalue weighted by Crippen LogP contribution is -2.37. The molecule has 0 radical (unpaired) electrons. The van der Waals surface area contributed by atoms with Gasteiger partial charge in [-0.15, -0.1) is 0 Å². The number of esters is 2. The van der Waals surface area contributed by atoms with E-state index in [0.29, 0.717) is 52.1 Å². The molecule has 180 valence electrons. The van der Waals surface area contributed by atoms with E-state index in [-0.39, 0.29) is 48.6 Å². The van der Waals surface area contributed by atoms with Crippen LogP contribution < -0.4 is 0 Å². The summed E-state index contributed by atoms with van der Waals surface area (Å²) in [5.74, 6) is -0.278. The lowest BCUT2D eigenvalue weighted by Gasteiger charge is -2.34. The highest BCUT2D eigenvalue weighted by Crippen LogP contribution is 2.38. The third-order valence-electron chi connectivity index (χ3n) is 5.44. The van der Waals surface area contributed by atoms with Gasteiger partial charge in [-0.3, -0.25) is 14.4 Å². The molecule has 1 saturated heterocycles. The van der Waals surface area contributed by atoms with Crippen LogP contribution >= 0.6 is 0 Å². The molecule has 3 rings (SSSR count). The standard InChI is InChI=1S/C11H18O4.C9H14O3.C2H6O2/c1-2-13-10(12)9-3-5-11(6-4-9)14-7-8-15-11;1-2-12-9(11)7-3-5-8(10)6-4-7;3-1-2-4/h9H,2-8H2,1H3;7H,2-6H2,1H3;3-4H,1-2H2. The van der Waals surface area contributed by atoms with Crippen LogP contribution in [0.1, 0.15) is 65.2 Å². The quantitative estimate of drug-likeness (QED) is 0.607. The molecule has 0 amide bonds. The van der Waals surface area contributed by atoms with Crippen LogP contribution in [0.25, 0.3) is 0 Å². The first kappa shape index (κ1) is 27.5. The zero-order valence-corrected chi connectivity index (χ0v) is 18.8. The van der Waals surface area contributed by atoms with Crippen molar-refractivity contribution in [3.8, 4) is 0 Å². The lowest BCUT2D eigenvalue weighted by atomic mass is 9.85. The van der Waals surface area contributed by atoms with Crippen molar-refractivity contribution < 1.29 is 43.5 Å². The molecule has 3 aliphatic rings. The molecule has 1 spiro atoms. The van der Waals surface area contributed by atoms with Gasteiger partial charge in [0.25, 0.3) is 0 Å². The van der Waals surface area contributed by atoms with E-state index >= 15 is 0 Å². The van der Waals surface area contributed by atoms with Gasteiger partial charge >= 0.3 is 11.9 Å². The summed E-state index contributed by atoms with van der Waals surface area (Å²) in [6.45, 7) is 5.65. The van der Waals surface area contributed by atoms with E-state index in [1.165, 1.54) is 0 Å². The zero-order chi connectivity index (χ0) is 23.1. The Morgan fingerprint density at radius 1 is 0.871 bits per heavy atom. The van der Waals surface area contributed by atoms with Crippen LogP contribution in [0, 0.1) is 11.8 Å². The summed E-state index contributed by atoms with van der Waals surface area (Å²) in [6.07, 6.45) is 5.72. The molecule has 1 aliphatic heterocycles. The molecule has 1 heterocycles. The fourth-order valence-corrected chi connectivity index (χ4v) is 3.77. The van der Waals surface area contributed by atoms with Gasteiger partial charge in [0.15, 0.2) is 5.79 Å². The lowest BCUT2D eigenvalue weighted by molar-refractivity contribution is -0.187. The van der Waals surface area contributed by atoms with Crippen molar-refractivity contribution in [2.75, 3.05) is 39.6 Å². The van der Waals surface area contributed by atoms with Crippen molar-refractivity contribution in [2.24, 2.45) is 11.8 Å². The summed E-state index contributed by atoms with van der Waals surface area (Å²) in [5, 5.41) is 15.2. The molecular weight excluding hydrogens is 408 g/mol. The SMILES string of the molecule is CCOC(=O)C1CCC(=O)CC1.CCOC(=O)C1CCC2(CC1)OCCO2.OCCO. The molecule has 3 fully saturated rings. The number of ether oxygens (including phenoxy) is 4. The Hall–Kier alpha value is -1.55. The highest BCUT2D eigenvalue weighted by molar-refractivity contribution is 5.82. The van der Waals surface area contributed by atoms with Crippen molar-refractivity contribution in [3.63, 3.8) is 0 Å². The summed E-state index contributed by atoms with van der Waals surface area (Å²) < 4.78 is 21.1. The third kappa shape index (κ3) is 10.1. The van der Waals surface area contributed by atoms with Crippen LogP contribution in [0.3, 0.4) is 0 Å². The maximum Gasteiger partial charge on any atom is 0.308 e. The predicted octanol–water partition coefficient (Wildman–Crippen LogP) is 1.76. The fourth-order valence-electron chi connectivity index (χ4n) is 3.77. The first-order valence-electron chi connectivity index (χ1n) is 11.3. The number of ketones is 1. The molecule has 9 nitrogen and oxygen atoms in total. The van der Waals surface area contributed by atoms with Gasteiger partial charge in [-0.2, -0.15) is 0 Å². The van der Waals surface area contributed by atoms with Gasteiger partial charge in [0.2, 0.25) is 0 Å². The van der Waals surface area contributed by atoms with E-state index in [2.05, 4.69) is 0 Å². The van der Waals surface area contributed by atoms with Crippen molar-refractivity contribution in [2.45, 2.75) is 71.0 Å². The smallest absolute Gasteiger partial charge is 0.308 e. The maximum absolute atomic E-state index is 11.5. The Morgan fingerprint density at radius 3 is 1.68 bits per heavy atom. The summed E-state index contributed by atoms with van der Waals surface area (Å²) in [4.78, 5) is 33.5. The number of aliphatic hydroxyl groups is 2. The van der Waals surface area contributed by atoms with E-state index in [4.69, 9.17) is 29.2 Å². The molecule has 2 aliphatic carbocycles. The van der Waals surface area contributed by atoms with Gasteiger partial charge in [-0.05, 0) is 39.5 Å². The Balaban J connectivity index is 0.000000270. The second-order valence-electron chi connectivity index (χ2n) is 7.65. The van der Waals surface area contributed by atoms with E-state index in [1.54, 1.807) is 6.92 Å². The van der Waals surface area contributed by atoms with Gasteiger partial charge in [-0.1, -0.05) is 0 Å². The number of carbonyl (C=O) groups is 3. The van der Waals surface area contributed by atoms with Crippen molar-refractivity contribution in [3.05, 3.63) is 0 Å². The minimum absolute atomic E-state index is 0.0253. The van der Waals surface area contributed by atoms with E-state index in [9.17, 15) is 14.4 Å².